The van der Waals surface area contributed by atoms with Crippen LogP contribution < -0.4 is 4.74 Å². The van der Waals surface area contributed by atoms with Gasteiger partial charge in [0.25, 0.3) is 0 Å². The molecule has 2 aromatic heterocycles. The molecule has 6 nitrogen and oxygen atoms in total. The van der Waals surface area contributed by atoms with Crippen molar-refractivity contribution in [1.82, 2.24) is 14.9 Å². The maximum Gasteiger partial charge on any atom is 0.231 e. The number of fused-ring (bicyclic) bond motifs is 1. The van der Waals surface area contributed by atoms with E-state index in [-0.39, 0.29) is 11.7 Å². The lowest BCUT2D eigenvalue weighted by molar-refractivity contribution is 0.0322. The van der Waals surface area contributed by atoms with Gasteiger partial charge in [0.15, 0.2) is 11.2 Å². The van der Waals surface area contributed by atoms with Gasteiger partial charge in [-0.05, 0) is 35.9 Å². The quantitative estimate of drug-likeness (QED) is 0.462. The van der Waals surface area contributed by atoms with E-state index >= 15 is 0 Å². The van der Waals surface area contributed by atoms with Gasteiger partial charge in [0.2, 0.25) is 5.89 Å². The molecule has 0 unspecified atom stereocenters. The molecule has 1 aliphatic heterocycles. The predicted molar refractivity (Wildman–Crippen MR) is 115 cm³/mol. The minimum Gasteiger partial charge on any atom is -0.492 e. The largest absolute Gasteiger partial charge is 0.492 e. The second-order valence-corrected chi connectivity index (χ2v) is 7.37. The molecule has 5 rings (SSSR count). The Balaban J connectivity index is 1.28. The first kappa shape index (κ1) is 19.7. The summed E-state index contributed by atoms with van der Waals surface area (Å²) in [5.74, 6) is 0.674. The second-order valence-electron chi connectivity index (χ2n) is 7.37. The molecule has 1 fully saturated rings. The number of rotatable bonds is 6. The highest BCUT2D eigenvalue weighted by molar-refractivity contribution is 5.78. The van der Waals surface area contributed by atoms with E-state index in [1.165, 1.54) is 6.07 Å². The Morgan fingerprint density at radius 3 is 2.61 bits per heavy atom. The van der Waals surface area contributed by atoms with Gasteiger partial charge in [0.05, 0.1) is 18.8 Å². The Morgan fingerprint density at radius 2 is 1.81 bits per heavy atom. The highest BCUT2D eigenvalue weighted by atomic mass is 19.1. The summed E-state index contributed by atoms with van der Waals surface area (Å²) in [6, 6.07) is 16.1. The van der Waals surface area contributed by atoms with Crippen molar-refractivity contribution in [2.45, 2.75) is 0 Å². The van der Waals surface area contributed by atoms with Gasteiger partial charge in [-0.15, -0.1) is 0 Å². The molecular formula is C24H22FN3O3. The lowest BCUT2D eigenvalue weighted by Gasteiger charge is -2.26. The molecule has 0 aliphatic carbocycles. The third-order valence-electron chi connectivity index (χ3n) is 5.32. The summed E-state index contributed by atoms with van der Waals surface area (Å²) in [5, 5.41) is 0. The molecule has 0 bridgehead atoms. The summed E-state index contributed by atoms with van der Waals surface area (Å²) in [5.41, 5.74) is 3.16. The van der Waals surface area contributed by atoms with Crippen LogP contribution in [-0.4, -0.2) is 54.3 Å². The third-order valence-corrected chi connectivity index (χ3v) is 5.32. The van der Waals surface area contributed by atoms with Gasteiger partial charge >= 0.3 is 0 Å². The number of ether oxygens (including phenoxy) is 2. The van der Waals surface area contributed by atoms with Gasteiger partial charge in [0, 0.05) is 31.4 Å². The number of pyridine rings is 1. The minimum absolute atomic E-state index is 0.224. The fourth-order valence-corrected chi connectivity index (χ4v) is 3.59. The molecule has 31 heavy (non-hydrogen) atoms. The minimum atomic E-state index is -0.376. The van der Waals surface area contributed by atoms with Crippen LogP contribution >= 0.6 is 0 Å². The van der Waals surface area contributed by atoms with Gasteiger partial charge in [-0.3, -0.25) is 4.90 Å². The van der Waals surface area contributed by atoms with Crippen LogP contribution in [0.5, 0.6) is 5.75 Å². The van der Waals surface area contributed by atoms with Gasteiger partial charge < -0.3 is 13.9 Å². The molecule has 7 heteroatoms. The number of benzene rings is 2. The van der Waals surface area contributed by atoms with Gasteiger partial charge in [-0.25, -0.2) is 9.37 Å². The summed E-state index contributed by atoms with van der Waals surface area (Å²) < 4.78 is 31.1. The normalized spacial score (nSPS) is 14.7. The number of hydrogen-bond acceptors (Lipinski definition) is 6. The zero-order valence-electron chi connectivity index (χ0n) is 17.0. The van der Waals surface area contributed by atoms with E-state index in [1.807, 2.05) is 30.3 Å². The fourth-order valence-electron chi connectivity index (χ4n) is 3.59. The van der Waals surface area contributed by atoms with Crippen LogP contribution in [0.25, 0.3) is 33.8 Å². The molecule has 1 saturated heterocycles. The van der Waals surface area contributed by atoms with E-state index in [9.17, 15) is 4.39 Å². The number of nitrogens with zero attached hydrogens (tertiary/aromatic N) is 3. The molecule has 158 valence electrons. The van der Waals surface area contributed by atoms with Crippen molar-refractivity contribution in [3.05, 3.63) is 66.6 Å². The van der Waals surface area contributed by atoms with E-state index < -0.39 is 0 Å². The first-order chi connectivity index (χ1) is 15.3. The number of hydrogen-bond donors (Lipinski definition) is 0. The molecule has 1 aliphatic rings. The van der Waals surface area contributed by atoms with E-state index in [2.05, 4.69) is 14.9 Å². The number of halogens is 1. The molecule has 0 amide bonds. The lowest BCUT2D eigenvalue weighted by Crippen LogP contribution is -2.38. The van der Waals surface area contributed by atoms with E-state index in [4.69, 9.17) is 13.9 Å². The van der Waals surface area contributed by atoms with Gasteiger partial charge in [0.1, 0.15) is 18.2 Å². The fraction of sp³-hybridized carbons (Fsp3) is 0.250. The number of morpholine rings is 1. The maximum absolute atomic E-state index is 14.0. The van der Waals surface area contributed by atoms with Crippen LogP contribution in [0.4, 0.5) is 4.39 Å². The molecule has 3 heterocycles. The number of aromatic nitrogens is 2. The van der Waals surface area contributed by atoms with Gasteiger partial charge in [-0.2, -0.15) is 4.98 Å². The Kier molecular flexibility index (Phi) is 5.60. The standard InChI is InChI=1S/C24H22FN3O3/c25-21-4-2-1-3-20(21)24-27-23-22(31-24)15-18(16-26-23)17-5-7-19(8-6-17)30-14-11-28-9-12-29-13-10-28/h1-8,15-16H,9-14H2. The Bertz CT molecular complexity index is 1170. The first-order valence-electron chi connectivity index (χ1n) is 10.3. The molecular weight excluding hydrogens is 397 g/mol. The van der Waals surface area contributed by atoms with Crippen molar-refractivity contribution in [2.75, 3.05) is 39.5 Å². The summed E-state index contributed by atoms with van der Waals surface area (Å²) in [6.07, 6.45) is 1.74. The van der Waals surface area contributed by atoms with Crippen molar-refractivity contribution in [3.63, 3.8) is 0 Å². The second kappa shape index (κ2) is 8.83. The average molecular weight is 419 g/mol. The highest BCUT2D eigenvalue weighted by Gasteiger charge is 2.14. The number of oxazole rings is 1. The van der Waals surface area contributed by atoms with Crippen LogP contribution in [0.2, 0.25) is 0 Å². The van der Waals surface area contributed by atoms with Crippen molar-refractivity contribution in [2.24, 2.45) is 0 Å². The Labute approximate surface area is 179 Å². The smallest absolute Gasteiger partial charge is 0.231 e. The lowest BCUT2D eigenvalue weighted by atomic mass is 10.1. The molecule has 0 N–H and O–H groups in total. The first-order valence-corrected chi connectivity index (χ1v) is 10.3. The van der Waals surface area contributed by atoms with Crippen LogP contribution in [-0.2, 0) is 4.74 Å². The van der Waals surface area contributed by atoms with Gasteiger partial charge in [-0.1, -0.05) is 24.3 Å². The molecule has 0 atom stereocenters. The average Bonchev–Trinajstić information content (AvgIpc) is 3.24. The summed E-state index contributed by atoms with van der Waals surface area (Å²) in [6.45, 7) is 5.03. The topological polar surface area (TPSA) is 60.6 Å². The van der Waals surface area contributed by atoms with Crippen LogP contribution in [0.1, 0.15) is 0 Å². The van der Waals surface area contributed by atoms with E-state index in [0.29, 0.717) is 23.4 Å². The van der Waals surface area contributed by atoms with Crippen LogP contribution in [0, 0.1) is 5.82 Å². The molecule has 0 spiro atoms. The Hall–Kier alpha value is -3.29. The molecule has 2 aromatic carbocycles. The van der Waals surface area contributed by atoms with Crippen molar-refractivity contribution < 1.29 is 18.3 Å². The van der Waals surface area contributed by atoms with Crippen molar-refractivity contribution in [1.29, 1.82) is 0 Å². The van der Waals surface area contributed by atoms with Crippen LogP contribution in [0.3, 0.4) is 0 Å². The Morgan fingerprint density at radius 1 is 1.00 bits per heavy atom. The summed E-state index contributed by atoms with van der Waals surface area (Å²) in [7, 11) is 0. The summed E-state index contributed by atoms with van der Waals surface area (Å²) in [4.78, 5) is 11.0. The van der Waals surface area contributed by atoms with E-state index in [1.54, 1.807) is 24.4 Å². The zero-order valence-corrected chi connectivity index (χ0v) is 17.0. The monoisotopic (exact) mass is 419 g/mol. The molecule has 4 aromatic rings. The summed E-state index contributed by atoms with van der Waals surface area (Å²) >= 11 is 0. The molecule has 0 radical (unpaired) electrons. The van der Waals surface area contributed by atoms with E-state index in [0.717, 1.165) is 49.7 Å². The van der Waals surface area contributed by atoms with Crippen LogP contribution in [0.15, 0.2) is 65.2 Å². The van der Waals surface area contributed by atoms with Crippen molar-refractivity contribution >= 4 is 11.2 Å². The predicted octanol–water partition coefficient (Wildman–Crippen LogP) is 4.41. The SMILES string of the molecule is Fc1ccccc1-c1nc2ncc(-c3ccc(OCCN4CCOCC4)cc3)cc2o1. The third kappa shape index (κ3) is 4.42. The van der Waals surface area contributed by atoms with Crippen molar-refractivity contribution in [3.8, 4) is 28.3 Å². The molecule has 0 saturated carbocycles. The maximum atomic E-state index is 14.0. The highest BCUT2D eigenvalue weighted by Crippen LogP contribution is 2.29. The zero-order chi connectivity index (χ0) is 21.0.